The Bertz CT molecular complexity index is 1040. The van der Waals surface area contributed by atoms with Crippen LogP contribution in [0.1, 0.15) is 33.0 Å². The number of carboxylic acids is 1. The van der Waals surface area contributed by atoms with Crippen molar-refractivity contribution in [2.75, 3.05) is 13.2 Å². The summed E-state index contributed by atoms with van der Waals surface area (Å²) in [5.41, 5.74) is -0.349. The molecule has 6 nitrogen and oxygen atoms in total. The van der Waals surface area contributed by atoms with E-state index in [2.05, 4.69) is 15.9 Å². The number of carbonyl (C=O) groups excluding carboxylic acids is 1. The van der Waals surface area contributed by atoms with Gasteiger partial charge >= 0.3 is 18.0 Å². The first kappa shape index (κ1) is 25.3. The van der Waals surface area contributed by atoms with E-state index in [0.717, 1.165) is 23.5 Å². The summed E-state index contributed by atoms with van der Waals surface area (Å²) in [5.74, 6) is -5.68. The Kier molecular flexibility index (Phi) is 8.19. The molecule has 11 heteroatoms. The van der Waals surface area contributed by atoms with Crippen molar-refractivity contribution >= 4 is 39.3 Å². The molecule has 2 atom stereocenters. The lowest BCUT2D eigenvalue weighted by molar-refractivity contribution is -0.0930. The van der Waals surface area contributed by atoms with Crippen LogP contribution in [0.4, 0.5) is 18.0 Å². The Morgan fingerprint density at radius 2 is 2.15 bits per heavy atom. The van der Waals surface area contributed by atoms with Gasteiger partial charge in [0, 0.05) is 27.9 Å². The summed E-state index contributed by atoms with van der Waals surface area (Å²) in [4.78, 5) is 24.7. The van der Waals surface area contributed by atoms with E-state index in [-0.39, 0.29) is 23.6 Å². The molecule has 0 saturated carbocycles. The molecule has 0 aliphatic carbocycles. The highest BCUT2D eigenvalue weighted by molar-refractivity contribution is 9.10. The number of carboxylic acid groups (broad SMARTS) is 1. The van der Waals surface area contributed by atoms with Crippen molar-refractivity contribution in [3.8, 4) is 0 Å². The van der Waals surface area contributed by atoms with E-state index in [4.69, 9.17) is 9.84 Å². The number of nitrogens with zero attached hydrogens (tertiary/aromatic N) is 1. The molecule has 0 spiro atoms. The first-order valence-corrected chi connectivity index (χ1v) is 11.7. The van der Waals surface area contributed by atoms with Gasteiger partial charge in [-0.1, -0.05) is 40.2 Å². The number of hydrogen-bond acceptors (Lipinski definition) is 5. The molecule has 0 unspecified atom stereocenters. The number of ether oxygens (including phenoxy) is 1. The third-order valence-electron chi connectivity index (χ3n) is 5.12. The first-order valence-electron chi connectivity index (χ1n) is 10.0. The normalized spacial score (nSPS) is 17.9. The second-order valence-electron chi connectivity index (χ2n) is 7.43. The average molecular weight is 548 g/mol. The summed E-state index contributed by atoms with van der Waals surface area (Å²) in [6, 6.07) is 6.08. The van der Waals surface area contributed by atoms with Crippen molar-refractivity contribution in [3.05, 3.63) is 68.1 Å². The van der Waals surface area contributed by atoms with Crippen molar-refractivity contribution in [2.45, 2.75) is 37.3 Å². The van der Waals surface area contributed by atoms with E-state index in [1.54, 1.807) is 6.07 Å². The van der Waals surface area contributed by atoms with Gasteiger partial charge in [-0.25, -0.2) is 14.0 Å². The number of cyclic esters (lactones) is 1. The van der Waals surface area contributed by atoms with Gasteiger partial charge in [-0.3, -0.25) is 0 Å². The molecule has 1 aromatic carbocycles. The van der Waals surface area contributed by atoms with Crippen molar-refractivity contribution in [2.24, 2.45) is 0 Å². The third kappa shape index (κ3) is 6.15. The van der Waals surface area contributed by atoms with Gasteiger partial charge < -0.3 is 19.8 Å². The van der Waals surface area contributed by atoms with E-state index in [9.17, 15) is 27.9 Å². The van der Waals surface area contributed by atoms with Gasteiger partial charge in [-0.15, -0.1) is 11.3 Å². The Hall–Kier alpha value is -2.37. The van der Waals surface area contributed by atoms with Gasteiger partial charge in [-0.05, 0) is 31.0 Å². The van der Waals surface area contributed by atoms with Crippen LogP contribution in [0, 0.1) is 5.82 Å². The molecule has 2 N–H and O–H groups in total. The number of halogens is 4. The number of aryl methyl sites for hydroxylation is 1. The second-order valence-corrected chi connectivity index (χ2v) is 9.48. The number of alkyl halides is 2. The van der Waals surface area contributed by atoms with Crippen molar-refractivity contribution < 1.29 is 37.7 Å². The quantitative estimate of drug-likeness (QED) is 0.421. The molecule has 2 heterocycles. The minimum absolute atomic E-state index is 0.112. The van der Waals surface area contributed by atoms with Gasteiger partial charge in [0.2, 0.25) is 0 Å². The highest BCUT2D eigenvalue weighted by Crippen LogP contribution is 2.34. The third-order valence-corrected chi connectivity index (χ3v) is 6.78. The summed E-state index contributed by atoms with van der Waals surface area (Å²) in [7, 11) is 0. The summed E-state index contributed by atoms with van der Waals surface area (Å²) >= 11 is 3.96. The van der Waals surface area contributed by atoms with Crippen LogP contribution in [0.3, 0.4) is 0 Å². The van der Waals surface area contributed by atoms with Crippen LogP contribution in [0.15, 0.2) is 47.0 Å². The number of aliphatic hydroxyl groups is 1. The molecule has 1 aliphatic rings. The zero-order chi connectivity index (χ0) is 24.2. The van der Waals surface area contributed by atoms with Crippen molar-refractivity contribution in [1.82, 2.24) is 4.90 Å². The first-order chi connectivity index (χ1) is 15.6. The number of benzene rings is 1. The maximum atomic E-state index is 14.6. The Morgan fingerprint density at radius 3 is 2.82 bits per heavy atom. The maximum Gasteiger partial charge on any atom is 0.410 e. The molecule has 33 heavy (non-hydrogen) atoms. The molecule has 3 rings (SSSR count). The van der Waals surface area contributed by atoms with Crippen LogP contribution < -0.4 is 0 Å². The van der Waals surface area contributed by atoms with Gasteiger partial charge in [-0.2, -0.15) is 8.78 Å². The fourth-order valence-electron chi connectivity index (χ4n) is 3.43. The molecule has 1 amide bonds. The summed E-state index contributed by atoms with van der Waals surface area (Å²) < 4.78 is 48.4. The maximum absolute atomic E-state index is 14.6. The Labute approximate surface area is 200 Å². The summed E-state index contributed by atoms with van der Waals surface area (Å²) in [6.07, 6.45) is 0.694. The van der Waals surface area contributed by atoms with Crippen LogP contribution in [0.5, 0.6) is 0 Å². The Balaban J connectivity index is 1.64. The Morgan fingerprint density at radius 1 is 1.39 bits per heavy atom. The molecule has 1 aliphatic heterocycles. The SMILES string of the molecule is O=C(O)c1sc(CCCN2C(=O)OCC[C@@H]2/C=C/[C@@H](O)C(F)(F)c2cccc(Br)c2)cc1F. The minimum Gasteiger partial charge on any atom is -0.477 e. The molecule has 2 aromatic rings. The van der Waals surface area contributed by atoms with Gasteiger partial charge in [0.25, 0.3) is 0 Å². The van der Waals surface area contributed by atoms with E-state index in [1.807, 2.05) is 0 Å². The molecule has 0 radical (unpaired) electrons. The fourth-order valence-corrected chi connectivity index (χ4v) is 4.74. The highest BCUT2D eigenvalue weighted by atomic mass is 79.9. The molecule has 0 bridgehead atoms. The largest absolute Gasteiger partial charge is 0.477 e. The number of aliphatic hydroxyl groups excluding tert-OH is 1. The van der Waals surface area contributed by atoms with Gasteiger partial charge in [0.1, 0.15) is 16.8 Å². The highest BCUT2D eigenvalue weighted by Gasteiger charge is 2.39. The standard InChI is InChI=1S/C22H21BrF3NO5S/c23-14-4-1-3-13(11-14)22(25,26)18(28)7-6-15-8-10-32-21(31)27(15)9-2-5-16-12-17(24)19(33-16)20(29)30/h1,3-4,6-7,11-12,15,18,28H,2,5,8-10H2,(H,29,30)/b7-6+/t15-,18+/m0/s1. The van der Waals surface area contributed by atoms with E-state index < -0.39 is 35.9 Å². The predicted octanol–water partition coefficient (Wildman–Crippen LogP) is 5.20. The number of hydrogen-bond donors (Lipinski definition) is 2. The summed E-state index contributed by atoms with van der Waals surface area (Å²) in [6.45, 7) is 0.300. The molecular formula is C22H21BrF3NO5S. The number of rotatable bonds is 9. The van der Waals surface area contributed by atoms with Crippen molar-refractivity contribution in [3.63, 3.8) is 0 Å². The zero-order valence-electron chi connectivity index (χ0n) is 17.2. The number of carbonyl (C=O) groups is 2. The van der Waals surface area contributed by atoms with Crippen LogP contribution in [-0.2, 0) is 17.1 Å². The van der Waals surface area contributed by atoms with Gasteiger partial charge in [0.15, 0.2) is 0 Å². The topological polar surface area (TPSA) is 87.1 Å². The fraction of sp³-hybridized carbons (Fsp3) is 0.364. The minimum atomic E-state index is -3.54. The van der Waals surface area contributed by atoms with E-state index in [0.29, 0.717) is 28.6 Å². The van der Waals surface area contributed by atoms with E-state index in [1.165, 1.54) is 29.2 Å². The number of amides is 1. The van der Waals surface area contributed by atoms with Crippen LogP contribution >= 0.6 is 27.3 Å². The average Bonchev–Trinajstić information content (AvgIpc) is 3.14. The molecule has 178 valence electrons. The number of thiophene rings is 1. The molecular weight excluding hydrogens is 527 g/mol. The summed E-state index contributed by atoms with van der Waals surface area (Å²) in [5, 5.41) is 19.1. The molecule has 1 aromatic heterocycles. The lowest BCUT2D eigenvalue weighted by Crippen LogP contribution is -2.45. The van der Waals surface area contributed by atoms with Crippen LogP contribution in [0.2, 0.25) is 0 Å². The van der Waals surface area contributed by atoms with Crippen LogP contribution in [0.25, 0.3) is 0 Å². The molecule has 1 fully saturated rings. The molecule has 1 saturated heterocycles. The smallest absolute Gasteiger partial charge is 0.410 e. The van der Waals surface area contributed by atoms with E-state index >= 15 is 0 Å². The van der Waals surface area contributed by atoms with Gasteiger partial charge in [0.05, 0.1) is 12.6 Å². The van der Waals surface area contributed by atoms with Crippen molar-refractivity contribution in [1.29, 1.82) is 0 Å². The lowest BCUT2D eigenvalue weighted by atomic mass is 10.0. The monoisotopic (exact) mass is 547 g/mol. The lowest BCUT2D eigenvalue weighted by Gasteiger charge is -2.33. The zero-order valence-corrected chi connectivity index (χ0v) is 19.6. The predicted molar refractivity (Wildman–Crippen MR) is 119 cm³/mol. The second kappa shape index (κ2) is 10.7. The number of aromatic carboxylic acids is 1. The van der Waals surface area contributed by atoms with Crippen LogP contribution in [-0.4, -0.2) is 52.5 Å².